The summed E-state index contributed by atoms with van der Waals surface area (Å²) in [4.78, 5) is 0. The number of hydrogen-bond donors (Lipinski definition) is 2. The molecule has 0 bridgehead atoms. The van der Waals surface area contributed by atoms with Crippen LogP contribution in [-0.4, -0.2) is 11.1 Å². The average Bonchev–Trinajstić information content (AvgIpc) is 2.54. The van der Waals surface area contributed by atoms with E-state index in [2.05, 4.69) is 24.4 Å². The first kappa shape index (κ1) is 14.4. The Balaban J connectivity index is 1.74. The van der Waals surface area contributed by atoms with Gasteiger partial charge < -0.3 is 10.4 Å². The molecule has 2 nitrogen and oxygen atoms in total. The standard InChI is InChI=1S/C19H25NO/c1-14(15-7-3-2-4-8-15)20-13-18-17-10-6-5-9-16(17)11-12-19(18)21/h5-6,9-12,14-15,20-21H,2-4,7-8,13H2,1H3/t14-/m0/s1. The fourth-order valence-electron chi connectivity index (χ4n) is 3.57. The molecular formula is C19H25NO. The molecule has 0 saturated heterocycles. The predicted molar refractivity (Wildman–Crippen MR) is 88.5 cm³/mol. The van der Waals surface area contributed by atoms with Gasteiger partial charge in [-0.2, -0.15) is 0 Å². The van der Waals surface area contributed by atoms with Crippen LogP contribution in [0.5, 0.6) is 5.75 Å². The number of nitrogens with one attached hydrogen (secondary N) is 1. The van der Waals surface area contributed by atoms with Gasteiger partial charge in [-0.15, -0.1) is 0 Å². The minimum absolute atomic E-state index is 0.400. The van der Waals surface area contributed by atoms with E-state index in [1.807, 2.05) is 24.3 Å². The first-order chi connectivity index (χ1) is 10.3. The highest BCUT2D eigenvalue weighted by molar-refractivity contribution is 5.87. The second-order valence-electron chi connectivity index (χ2n) is 6.35. The number of rotatable bonds is 4. The second kappa shape index (κ2) is 6.48. The maximum atomic E-state index is 10.2. The lowest BCUT2D eigenvalue weighted by atomic mass is 9.84. The first-order valence-corrected chi connectivity index (χ1v) is 8.18. The van der Waals surface area contributed by atoms with E-state index in [0.717, 1.165) is 23.4 Å². The van der Waals surface area contributed by atoms with Crippen molar-refractivity contribution in [3.63, 3.8) is 0 Å². The van der Waals surface area contributed by atoms with Gasteiger partial charge in [0.1, 0.15) is 5.75 Å². The SMILES string of the molecule is C[C@H](NCc1c(O)ccc2ccccc12)C1CCCCC1. The average molecular weight is 283 g/mol. The molecule has 0 spiro atoms. The van der Waals surface area contributed by atoms with Crippen LogP contribution in [0.15, 0.2) is 36.4 Å². The summed E-state index contributed by atoms with van der Waals surface area (Å²) in [6.07, 6.45) is 6.82. The van der Waals surface area contributed by atoms with Crippen LogP contribution in [0.4, 0.5) is 0 Å². The summed E-state index contributed by atoms with van der Waals surface area (Å²) >= 11 is 0. The van der Waals surface area contributed by atoms with Gasteiger partial charge in [-0.3, -0.25) is 0 Å². The van der Waals surface area contributed by atoms with E-state index in [-0.39, 0.29) is 0 Å². The minimum Gasteiger partial charge on any atom is -0.508 e. The fourth-order valence-corrected chi connectivity index (χ4v) is 3.57. The summed E-state index contributed by atoms with van der Waals surface area (Å²) in [6.45, 7) is 3.03. The van der Waals surface area contributed by atoms with Crippen LogP contribution in [0.2, 0.25) is 0 Å². The molecule has 3 rings (SSSR count). The highest BCUT2D eigenvalue weighted by Crippen LogP contribution is 2.29. The Bertz CT molecular complexity index is 602. The van der Waals surface area contributed by atoms with Gasteiger partial charge in [0, 0.05) is 18.2 Å². The van der Waals surface area contributed by atoms with Crippen LogP contribution in [0.3, 0.4) is 0 Å². The largest absolute Gasteiger partial charge is 0.508 e. The van der Waals surface area contributed by atoms with Crippen LogP contribution in [0.25, 0.3) is 10.8 Å². The summed E-state index contributed by atoms with van der Waals surface area (Å²) in [7, 11) is 0. The zero-order valence-electron chi connectivity index (χ0n) is 12.8. The number of aromatic hydroxyl groups is 1. The van der Waals surface area contributed by atoms with Crippen LogP contribution in [0, 0.1) is 5.92 Å². The number of phenolic OH excluding ortho intramolecular Hbond substituents is 1. The van der Waals surface area contributed by atoms with Gasteiger partial charge in [-0.05, 0) is 42.5 Å². The van der Waals surface area contributed by atoms with Crippen molar-refractivity contribution < 1.29 is 5.11 Å². The molecule has 0 aliphatic heterocycles. The van der Waals surface area contributed by atoms with E-state index >= 15 is 0 Å². The Morgan fingerprint density at radius 2 is 1.86 bits per heavy atom. The molecule has 0 radical (unpaired) electrons. The second-order valence-corrected chi connectivity index (χ2v) is 6.35. The smallest absolute Gasteiger partial charge is 0.120 e. The third-order valence-electron chi connectivity index (χ3n) is 4.97. The molecule has 2 aromatic carbocycles. The van der Waals surface area contributed by atoms with E-state index in [1.165, 1.54) is 37.5 Å². The number of fused-ring (bicyclic) bond motifs is 1. The highest BCUT2D eigenvalue weighted by Gasteiger charge is 2.20. The molecule has 1 saturated carbocycles. The number of benzene rings is 2. The van der Waals surface area contributed by atoms with Crippen molar-refractivity contribution >= 4 is 10.8 Å². The van der Waals surface area contributed by atoms with Crippen LogP contribution < -0.4 is 5.32 Å². The van der Waals surface area contributed by atoms with Crippen LogP contribution >= 0.6 is 0 Å². The molecule has 1 atom stereocenters. The topological polar surface area (TPSA) is 32.3 Å². The Morgan fingerprint density at radius 1 is 1.10 bits per heavy atom. The molecule has 2 aromatic rings. The lowest BCUT2D eigenvalue weighted by Crippen LogP contribution is -2.34. The monoisotopic (exact) mass is 283 g/mol. The summed E-state index contributed by atoms with van der Waals surface area (Å²) in [5.74, 6) is 1.19. The van der Waals surface area contributed by atoms with Gasteiger partial charge in [-0.25, -0.2) is 0 Å². The molecule has 112 valence electrons. The maximum Gasteiger partial charge on any atom is 0.120 e. The Labute approximate surface area is 127 Å². The normalized spacial score (nSPS) is 18.0. The Hall–Kier alpha value is -1.54. The van der Waals surface area contributed by atoms with Gasteiger partial charge in [0.15, 0.2) is 0 Å². The van der Waals surface area contributed by atoms with Gasteiger partial charge in [-0.1, -0.05) is 49.6 Å². The Morgan fingerprint density at radius 3 is 2.67 bits per heavy atom. The quantitative estimate of drug-likeness (QED) is 0.859. The lowest BCUT2D eigenvalue weighted by molar-refractivity contribution is 0.280. The highest BCUT2D eigenvalue weighted by atomic mass is 16.3. The molecule has 0 aromatic heterocycles. The van der Waals surface area contributed by atoms with Crippen molar-refractivity contribution in [2.75, 3.05) is 0 Å². The van der Waals surface area contributed by atoms with E-state index in [4.69, 9.17) is 0 Å². The molecule has 1 aliphatic rings. The van der Waals surface area contributed by atoms with Gasteiger partial charge in [0.2, 0.25) is 0 Å². The third kappa shape index (κ3) is 3.21. The van der Waals surface area contributed by atoms with E-state index < -0.39 is 0 Å². The van der Waals surface area contributed by atoms with E-state index in [9.17, 15) is 5.11 Å². The van der Waals surface area contributed by atoms with Crippen molar-refractivity contribution in [2.45, 2.75) is 51.6 Å². The number of hydrogen-bond acceptors (Lipinski definition) is 2. The van der Waals surface area contributed by atoms with Gasteiger partial charge in [0.25, 0.3) is 0 Å². The van der Waals surface area contributed by atoms with Gasteiger partial charge >= 0.3 is 0 Å². The zero-order valence-corrected chi connectivity index (χ0v) is 12.8. The molecule has 21 heavy (non-hydrogen) atoms. The molecule has 2 heteroatoms. The van der Waals surface area contributed by atoms with E-state index in [0.29, 0.717) is 11.8 Å². The molecule has 1 fully saturated rings. The first-order valence-electron chi connectivity index (χ1n) is 8.18. The fraction of sp³-hybridized carbons (Fsp3) is 0.474. The molecular weight excluding hydrogens is 258 g/mol. The summed E-state index contributed by atoms with van der Waals surface area (Å²) in [6, 6.07) is 12.6. The molecule has 0 unspecified atom stereocenters. The zero-order chi connectivity index (χ0) is 14.7. The van der Waals surface area contributed by atoms with Crippen molar-refractivity contribution in [1.29, 1.82) is 0 Å². The molecule has 1 aliphatic carbocycles. The third-order valence-corrected chi connectivity index (χ3v) is 4.97. The number of phenols is 1. The van der Waals surface area contributed by atoms with E-state index in [1.54, 1.807) is 0 Å². The molecule has 2 N–H and O–H groups in total. The van der Waals surface area contributed by atoms with Crippen LogP contribution in [0.1, 0.15) is 44.6 Å². The van der Waals surface area contributed by atoms with Crippen molar-refractivity contribution in [3.05, 3.63) is 42.0 Å². The van der Waals surface area contributed by atoms with Gasteiger partial charge in [0.05, 0.1) is 0 Å². The lowest BCUT2D eigenvalue weighted by Gasteiger charge is -2.28. The predicted octanol–water partition coefficient (Wildman–Crippen LogP) is 4.60. The van der Waals surface area contributed by atoms with Crippen molar-refractivity contribution in [1.82, 2.24) is 5.32 Å². The molecule has 0 heterocycles. The summed E-state index contributed by atoms with van der Waals surface area (Å²) in [5.41, 5.74) is 1.02. The summed E-state index contributed by atoms with van der Waals surface area (Å²) in [5, 5.41) is 16.2. The van der Waals surface area contributed by atoms with Crippen LogP contribution in [-0.2, 0) is 6.54 Å². The van der Waals surface area contributed by atoms with Crippen molar-refractivity contribution in [2.24, 2.45) is 5.92 Å². The van der Waals surface area contributed by atoms with Crippen molar-refractivity contribution in [3.8, 4) is 5.75 Å². The molecule has 0 amide bonds. The minimum atomic E-state index is 0.400. The Kier molecular flexibility index (Phi) is 4.45. The summed E-state index contributed by atoms with van der Waals surface area (Å²) < 4.78 is 0. The maximum absolute atomic E-state index is 10.2.